The summed E-state index contributed by atoms with van der Waals surface area (Å²) in [5, 5.41) is 6.97. The van der Waals surface area contributed by atoms with Gasteiger partial charge in [-0.1, -0.05) is 6.07 Å². The first kappa shape index (κ1) is 16.7. The van der Waals surface area contributed by atoms with E-state index in [1.54, 1.807) is 24.4 Å². The topological polar surface area (TPSA) is 57.0 Å². The maximum atomic E-state index is 13.0. The molecule has 3 aromatic heterocycles. The second kappa shape index (κ2) is 6.36. The Labute approximate surface area is 142 Å². The third-order valence-corrected chi connectivity index (χ3v) is 4.64. The summed E-state index contributed by atoms with van der Waals surface area (Å²) in [4.78, 5) is 16.3. The summed E-state index contributed by atoms with van der Waals surface area (Å²) in [6, 6.07) is 4.39. The minimum absolute atomic E-state index is 0.0399. The Kier molecular flexibility index (Phi) is 4.41. The highest BCUT2D eigenvalue weighted by Gasteiger charge is 2.35. The van der Waals surface area contributed by atoms with E-state index in [1.807, 2.05) is 0 Å². The summed E-state index contributed by atoms with van der Waals surface area (Å²) in [6.07, 6.45) is -4.57. The van der Waals surface area contributed by atoms with Gasteiger partial charge in [-0.25, -0.2) is 14.5 Å². The van der Waals surface area contributed by atoms with Crippen molar-refractivity contribution in [2.24, 2.45) is 0 Å². The molecule has 10 heteroatoms. The molecule has 0 unspecified atom stereocenters. The molecule has 0 saturated heterocycles. The Morgan fingerprint density at radius 3 is 2.79 bits per heavy atom. The number of esters is 1. The van der Waals surface area contributed by atoms with Gasteiger partial charge in [0.15, 0.2) is 11.4 Å². The van der Waals surface area contributed by atoms with Gasteiger partial charge < -0.3 is 4.74 Å². The average molecular weight is 373 g/mol. The zero-order valence-corrected chi connectivity index (χ0v) is 13.8. The number of thiophene rings is 1. The standard InChI is InChI=1S/C14H10F3N3O2S2/c1-2-22-12(21)8-7-24-13(18-8)20-9(10-4-3-5-23-10)6-11(19-20)14(15,16)17/h3-7H,2H2,1H3. The van der Waals surface area contributed by atoms with Crippen molar-refractivity contribution in [3.8, 4) is 15.7 Å². The van der Waals surface area contributed by atoms with Crippen LogP contribution in [0.15, 0.2) is 29.0 Å². The summed E-state index contributed by atoms with van der Waals surface area (Å²) >= 11 is 2.31. The quantitative estimate of drug-likeness (QED) is 0.642. The molecule has 0 radical (unpaired) electrons. The molecule has 0 N–H and O–H groups in total. The molecular formula is C14H10F3N3O2S2. The number of hydrogen-bond acceptors (Lipinski definition) is 6. The molecule has 0 fully saturated rings. The fourth-order valence-corrected chi connectivity index (χ4v) is 3.41. The number of carbonyl (C=O) groups excluding carboxylic acids is 1. The van der Waals surface area contributed by atoms with Crippen LogP contribution in [0.4, 0.5) is 13.2 Å². The van der Waals surface area contributed by atoms with E-state index < -0.39 is 17.8 Å². The highest BCUT2D eigenvalue weighted by molar-refractivity contribution is 7.13. The minimum atomic E-state index is -4.57. The van der Waals surface area contributed by atoms with Crippen LogP contribution < -0.4 is 0 Å². The maximum absolute atomic E-state index is 13.0. The fourth-order valence-electron chi connectivity index (χ4n) is 1.93. The van der Waals surface area contributed by atoms with E-state index in [4.69, 9.17) is 4.74 Å². The Bertz CT molecular complexity index is 853. The van der Waals surface area contributed by atoms with E-state index >= 15 is 0 Å². The first-order valence-corrected chi connectivity index (χ1v) is 8.50. The van der Waals surface area contributed by atoms with Gasteiger partial charge >= 0.3 is 12.1 Å². The van der Waals surface area contributed by atoms with Crippen LogP contribution in [0.1, 0.15) is 23.1 Å². The minimum Gasteiger partial charge on any atom is -0.461 e. The van der Waals surface area contributed by atoms with Crippen LogP contribution in [-0.4, -0.2) is 27.3 Å². The molecule has 5 nitrogen and oxygen atoms in total. The van der Waals surface area contributed by atoms with E-state index in [9.17, 15) is 18.0 Å². The van der Waals surface area contributed by atoms with Gasteiger partial charge in [-0.2, -0.15) is 18.3 Å². The van der Waals surface area contributed by atoms with Crippen molar-refractivity contribution < 1.29 is 22.7 Å². The van der Waals surface area contributed by atoms with Gasteiger partial charge in [0.1, 0.15) is 0 Å². The molecular weight excluding hydrogens is 363 g/mol. The number of rotatable bonds is 4. The summed E-state index contributed by atoms with van der Waals surface area (Å²) in [7, 11) is 0. The molecule has 0 aliphatic heterocycles. The predicted molar refractivity (Wildman–Crippen MR) is 83.5 cm³/mol. The highest BCUT2D eigenvalue weighted by Crippen LogP contribution is 2.35. The Morgan fingerprint density at radius 2 is 2.17 bits per heavy atom. The van der Waals surface area contributed by atoms with Gasteiger partial charge in [0.2, 0.25) is 5.13 Å². The summed E-state index contributed by atoms with van der Waals surface area (Å²) in [5.41, 5.74) is -0.709. The van der Waals surface area contributed by atoms with Gasteiger partial charge in [-0.3, -0.25) is 0 Å². The molecule has 0 saturated carbocycles. The van der Waals surface area contributed by atoms with Crippen LogP contribution in [0.2, 0.25) is 0 Å². The molecule has 0 aliphatic carbocycles. The second-order valence-corrected chi connectivity index (χ2v) is 6.32. The number of nitrogens with zero attached hydrogens (tertiary/aromatic N) is 3. The van der Waals surface area contributed by atoms with Crippen molar-refractivity contribution in [1.82, 2.24) is 14.8 Å². The Balaban J connectivity index is 2.07. The Morgan fingerprint density at radius 1 is 1.38 bits per heavy atom. The van der Waals surface area contributed by atoms with Gasteiger partial charge in [-0.15, -0.1) is 22.7 Å². The molecule has 0 spiro atoms. The van der Waals surface area contributed by atoms with Crippen LogP contribution in [-0.2, 0) is 10.9 Å². The van der Waals surface area contributed by atoms with E-state index in [0.717, 1.165) is 22.1 Å². The molecule has 126 valence electrons. The van der Waals surface area contributed by atoms with Crippen LogP contribution in [0.25, 0.3) is 15.7 Å². The van der Waals surface area contributed by atoms with E-state index in [1.165, 1.54) is 16.7 Å². The first-order chi connectivity index (χ1) is 11.4. The molecule has 0 atom stereocenters. The second-order valence-electron chi connectivity index (χ2n) is 4.54. The number of ether oxygens (including phenoxy) is 1. The molecule has 0 amide bonds. The lowest BCUT2D eigenvalue weighted by atomic mass is 10.3. The largest absolute Gasteiger partial charge is 0.461 e. The molecule has 0 bridgehead atoms. The predicted octanol–water partition coefficient (Wildman–Crippen LogP) is 4.25. The third-order valence-electron chi connectivity index (χ3n) is 2.93. The van der Waals surface area contributed by atoms with Crippen LogP contribution in [0.5, 0.6) is 0 Å². The number of hydrogen-bond donors (Lipinski definition) is 0. The molecule has 24 heavy (non-hydrogen) atoms. The lowest BCUT2D eigenvalue weighted by Gasteiger charge is -2.02. The van der Waals surface area contributed by atoms with E-state index in [0.29, 0.717) is 4.88 Å². The number of thiazole rings is 1. The SMILES string of the molecule is CCOC(=O)c1csc(-n2nc(C(F)(F)F)cc2-c2cccs2)n1. The Hall–Kier alpha value is -2.20. The van der Waals surface area contributed by atoms with Crippen molar-refractivity contribution in [2.75, 3.05) is 6.61 Å². The normalized spacial score (nSPS) is 11.7. The first-order valence-electron chi connectivity index (χ1n) is 6.74. The van der Waals surface area contributed by atoms with Crippen molar-refractivity contribution in [1.29, 1.82) is 0 Å². The van der Waals surface area contributed by atoms with Gasteiger partial charge in [0, 0.05) is 5.38 Å². The molecule has 0 aliphatic rings. The van der Waals surface area contributed by atoms with Crippen LogP contribution >= 0.6 is 22.7 Å². The number of aromatic nitrogens is 3. The lowest BCUT2D eigenvalue weighted by molar-refractivity contribution is -0.141. The maximum Gasteiger partial charge on any atom is 0.435 e. The number of halogens is 3. The van der Waals surface area contributed by atoms with Gasteiger partial charge in [0.25, 0.3) is 0 Å². The van der Waals surface area contributed by atoms with Crippen molar-refractivity contribution in [3.63, 3.8) is 0 Å². The van der Waals surface area contributed by atoms with Crippen molar-refractivity contribution in [2.45, 2.75) is 13.1 Å². The fraction of sp³-hybridized carbons (Fsp3) is 0.214. The van der Waals surface area contributed by atoms with Gasteiger partial charge in [-0.05, 0) is 24.4 Å². The molecule has 3 rings (SSSR count). The molecule has 3 aromatic rings. The summed E-state index contributed by atoms with van der Waals surface area (Å²) in [5.74, 6) is -0.624. The number of carbonyl (C=O) groups is 1. The zero-order valence-electron chi connectivity index (χ0n) is 12.2. The zero-order chi connectivity index (χ0) is 17.3. The van der Waals surface area contributed by atoms with Crippen LogP contribution in [0.3, 0.4) is 0 Å². The van der Waals surface area contributed by atoms with Crippen molar-refractivity contribution in [3.05, 3.63) is 40.3 Å². The summed E-state index contributed by atoms with van der Waals surface area (Å²) < 4.78 is 45.0. The van der Waals surface area contributed by atoms with E-state index in [2.05, 4.69) is 10.1 Å². The number of alkyl halides is 3. The van der Waals surface area contributed by atoms with Crippen molar-refractivity contribution >= 4 is 28.6 Å². The third kappa shape index (κ3) is 3.20. The summed E-state index contributed by atoms with van der Waals surface area (Å²) in [6.45, 7) is 1.84. The smallest absolute Gasteiger partial charge is 0.435 e. The monoisotopic (exact) mass is 373 g/mol. The lowest BCUT2D eigenvalue weighted by Crippen LogP contribution is -2.08. The molecule has 3 heterocycles. The molecule has 0 aromatic carbocycles. The van der Waals surface area contributed by atoms with E-state index in [-0.39, 0.29) is 23.1 Å². The highest BCUT2D eigenvalue weighted by atomic mass is 32.1. The van der Waals surface area contributed by atoms with Crippen LogP contribution in [0, 0.1) is 0 Å². The van der Waals surface area contributed by atoms with Gasteiger partial charge in [0.05, 0.1) is 17.2 Å². The average Bonchev–Trinajstić information content (AvgIpc) is 3.25.